The molecule has 3 aromatic carbocycles. The molecule has 4 rings (SSSR count). The Bertz CT molecular complexity index is 1080. The first-order valence-electron chi connectivity index (χ1n) is 10.6. The van der Waals surface area contributed by atoms with E-state index in [1.165, 1.54) is 6.07 Å². The van der Waals surface area contributed by atoms with E-state index in [0.717, 1.165) is 24.0 Å². The highest BCUT2D eigenvalue weighted by Gasteiger charge is 2.23. The summed E-state index contributed by atoms with van der Waals surface area (Å²) in [5, 5.41) is 0. The second-order valence-corrected chi connectivity index (χ2v) is 7.96. The smallest absolute Gasteiger partial charge is 0.166 e. The third-order valence-electron chi connectivity index (χ3n) is 6.06. The Morgan fingerprint density at radius 2 is 1.61 bits per heavy atom. The lowest BCUT2D eigenvalue weighted by Crippen LogP contribution is -2.19. The zero-order valence-electron chi connectivity index (χ0n) is 17.5. The van der Waals surface area contributed by atoms with Gasteiger partial charge in [-0.25, -0.2) is 13.2 Å². The number of halogens is 3. The van der Waals surface area contributed by atoms with Crippen molar-refractivity contribution >= 4 is 0 Å². The van der Waals surface area contributed by atoms with Crippen LogP contribution in [0.1, 0.15) is 37.0 Å². The topological polar surface area (TPSA) is 9.23 Å². The average Bonchev–Trinajstić information content (AvgIpc) is 2.81. The van der Waals surface area contributed by atoms with Crippen LogP contribution in [-0.2, 0) is 11.2 Å². The Kier molecular flexibility index (Phi) is 6.28. The zero-order valence-corrected chi connectivity index (χ0v) is 17.5. The minimum Gasteiger partial charge on any atom is -0.373 e. The van der Waals surface area contributed by atoms with Gasteiger partial charge in [0.25, 0.3) is 0 Å². The number of rotatable bonds is 5. The molecule has 0 radical (unpaired) electrons. The van der Waals surface area contributed by atoms with E-state index in [4.69, 9.17) is 4.74 Å². The zero-order chi connectivity index (χ0) is 22.0. The molecule has 1 nitrogen and oxygen atoms in total. The van der Waals surface area contributed by atoms with E-state index in [9.17, 15) is 13.2 Å². The van der Waals surface area contributed by atoms with Gasteiger partial charge in [0, 0.05) is 17.0 Å². The second-order valence-electron chi connectivity index (χ2n) is 7.96. The Labute approximate surface area is 181 Å². The summed E-state index contributed by atoms with van der Waals surface area (Å²) in [5.74, 6) is -1.61. The first kappa shape index (κ1) is 21.4. The van der Waals surface area contributed by atoms with Crippen molar-refractivity contribution in [3.63, 3.8) is 0 Å². The van der Waals surface area contributed by atoms with Crippen molar-refractivity contribution in [1.82, 2.24) is 0 Å². The Morgan fingerprint density at radius 1 is 0.903 bits per heavy atom. The van der Waals surface area contributed by atoms with Gasteiger partial charge >= 0.3 is 0 Å². The molecule has 31 heavy (non-hydrogen) atoms. The first-order chi connectivity index (χ1) is 15.0. The van der Waals surface area contributed by atoms with Crippen molar-refractivity contribution in [2.45, 2.75) is 32.3 Å². The molecular weight excluding hydrogens is 397 g/mol. The van der Waals surface area contributed by atoms with E-state index in [2.05, 4.69) is 6.58 Å². The molecule has 0 aromatic heterocycles. The maximum atomic E-state index is 14.8. The van der Waals surface area contributed by atoms with Crippen LogP contribution < -0.4 is 0 Å². The molecule has 0 spiro atoms. The highest BCUT2D eigenvalue weighted by Crippen LogP contribution is 2.34. The van der Waals surface area contributed by atoms with E-state index in [0.29, 0.717) is 35.6 Å². The summed E-state index contributed by atoms with van der Waals surface area (Å²) < 4.78 is 49.2. The van der Waals surface area contributed by atoms with E-state index >= 15 is 0 Å². The third kappa shape index (κ3) is 4.31. The lowest BCUT2D eigenvalue weighted by Gasteiger charge is -2.28. The SMILES string of the molecule is C=CC1CCC(c2ccc(-c3ccc(-c4ccc(CC)c(F)c4F)cc3)cc2F)OC1. The van der Waals surface area contributed by atoms with Crippen LogP contribution in [0.5, 0.6) is 0 Å². The minimum atomic E-state index is -0.839. The van der Waals surface area contributed by atoms with Gasteiger partial charge in [-0.1, -0.05) is 61.5 Å². The molecule has 1 fully saturated rings. The number of hydrogen-bond acceptors (Lipinski definition) is 1. The predicted molar refractivity (Wildman–Crippen MR) is 118 cm³/mol. The van der Waals surface area contributed by atoms with Crippen molar-refractivity contribution in [3.05, 3.63) is 95.8 Å². The summed E-state index contributed by atoms with van der Waals surface area (Å²) in [5.41, 5.74) is 3.24. The lowest BCUT2D eigenvalue weighted by atomic mass is 9.93. The molecule has 0 amide bonds. The number of benzene rings is 3. The van der Waals surface area contributed by atoms with Crippen molar-refractivity contribution in [3.8, 4) is 22.3 Å². The van der Waals surface area contributed by atoms with Gasteiger partial charge in [0.15, 0.2) is 11.6 Å². The summed E-state index contributed by atoms with van der Waals surface area (Å²) >= 11 is 0. The van der Waals surface area contributed by atoms with Crippen molar-refractivity contribution in [2.24, 2.45) is 5.92 Å². The van der Waals surface area contributed by atoms with Gasteiger partial charge in [0.1, 0.15) is 5.82 Å². The summed E-state index contributed by atoms with van der Waals surface area (Å²) in [6, 6.07) is 15.4. The van der Waals surface area contributed by atoms with E-state index in [1.54, 1.807) is 49.4 Å². The Hall–Kier alpha value is -2.85. The summed E-state index contributed by atoms with van der Waals surface area (Å²) in [4.78, 5) is 0. The standard InChI is InChI=1S/C27H25F3O/c1-3-17-5-14-25(31-16-17)23-13-11-21(15-24(23)28)19-6-8-20(9-7-19)22-12-10-18(4-2)26(29)27(22)30/h3,6-13,15,17,25H,1,4-5,14,16H2,2H3. The fourth-order valence-corrected chi connectivity index (χ4v) is 4.10. The van der Waals surface area contributed by atoms with Crippen LogP contribution in [0.25, 0.3) is 22.3 Å². The summed E-state index contributed by atoms with van der Waals surface area (Å²) in [6.45, 7) is 6.14. The van der Waals surface area contributed by atoms with Crippen molar-refractivity contribution in [2.75, 3.05) is 6.61 Å². The quantitative estimate of drug-likeness (QED) is 0.384. The van der Waals surface area contributed by atoms with E-state index < -0.39 is 11.6 Å². The molecule has 3 aromatic rings. The monoisotopic (exact) mass is 422 g/mol. The maximum absolute atomic E-state index is 14.8. The van der Waals surface area contributed by atoms with E-state index in [1.807, 2.05) is 12.1 Å². The largest absolute Gasteiger partial charge is 0.373 e. The molecule has 1 saturated heterocycles. The lowest BCUT2D eigenvalue weighted by molar-refractivity contribution is -0.00700. The molecule has 4 heteroatoms. The molecule has 160 valence electrons. The highest BCUT2D eigenvalue weighted by atomic mass is 19.2. The van der Waals surface area contributed by atoms with Crippen LogP contribution in [0.15, 0.2) is 67.3 Å². The van der Waals surface area contributed by atoms with Crippen LogP contribution in [-0.4, -0.2) is 6.61 Å². The number of aryl methyl sites for hydroxylation is 1. The van der Waals surface area contributed by atoms with Crippen molar-refractivity contribution < 1.29 is 17.9 Å². The molecule has 0 aliphatic carbocycles. The Balaban J connectivity index is 1.55. The molecule has 1 heterocycles. The Morgan fingerprint density at radius 3 is 2.23 bits per heavy atom. The van der Waals surface area contributed by atoms with Gasteiger partial charge < -0.3 is 4.74 Å². The molecule has 0 N–H and O–H groups in total. The molecule has 1 aliphatic rings. The van der Waals surface area contributed by atoms with Gasteiger partial charge in [0.05, 0.1) is 12.7 Å². The predicted octanol–water partition coefficient (Wildman–Crippen LogP) is 7.65. The maximum Gasteiger partial charge on any atom is 0.166 e. The summed E-state index contributed by atoms with van der Waals surface area (Å²) in [7, 11) is 0. The molecule has 0 saturated carbocycles. The van der Waals surface area contributed by atoms with Crippen LogP contribution in [0.4, 0.5) is 13.2 Å². The number of ether oxygens (including phenoxy) is 1. The molecule has 0 bridgehead atoms. The van der Waals surface area contributed by atoms with Crippen LogP contribution in [0, 0.1) is 23.4 Å². The van der Waals surface area contributed by atoms with Gasteiger partial charge in [0.2, 0.25) is 0 Å². The van der Waals surface area contributed by atoms with Gasteiger partial charge in [-0.05, 0) is 47.6 Å². The van der Waals surface area contributed by atoms with Crippen LogP contribution in [0.2, 0.25) is 0 Å². The normalized spacial score (nSPS) is 18.7. The summed E-state index contributed by atoms with van der Waals surface area (Å²) in [6.07, 6.45) is 3.78. The van der Waals surface area contributed by atoms with Crippen LogP contribution in [0.3, 0.4) is 0 Å². The van der Waals surface area contributed by atoms with Gasteiger partial charge in [-0.15, -0.1) is 6.58 Å². The fourth-order valence-electron chi connectivity index (χ4n) is 4.10. The average molecular weight is 422 g/mol. The highest BCUT2D eigenvalue weighted by molar-refractivity contribution is 5.71. The second kappa shape index (κ2) is 9.11. The van der Waals surface area contributed by atoms with Gasteiger partial charge in [-0.2, -0.15) is 0 Å². The molecule has 1 aliphatic heterocycles. The third-order valence-corrected chi connectivity index (χ3v) is 6.06. The molecule has 2 unspecified atom stereocenters. The fraction of sp³-hybridized carbons (Fsp3) is 0.259. The van der Waals surface area contributed by atoms with E-state index in [-0.39, 0.29) is 17.5 Å². The molecular formula is C27H25F3O. The van der Waals surface area contributed by atoms with Crippen LogP contribution >= 0.6 is 0 Å². The number of hydrogen-bond donors (Lipinski definition) is 0. The molecule has 2 atom stereocenters. The van der Waals surface area contributed by atoms with Crippen molar-refractivity contribution in [1.29, 1.82) is 0 Å². The first-order valence-corrected chi connectivity index (χ1v) is 10.6. The minimum absolute atomic E-state index is 0.218. The van der Waals surface area contributed by atoms with Gasteiger partial charge in [-0.3, -0.25) is 0 Å².